The molecule has 7 nitrogen and oxygen atoms in total. The Labute approximate surface area is 133 Å². The second kappa shape index (κ2) is 7.35. The molecule has 2 aromatic carbocycles. The van der Waals surface area contributed by atoms with Gasteiger partial charge in [0.05, 0.1) is 18.9 Å². The minimum atomic E-state index is -0.770. The summed E-state index contributed by atoms with van der Waals surface area (Å²) < 4.78 is 9.84. The van der Waals surface area contributed by atoms with Crippen LogP contribution in [0, 0.1) is 0 Å². The third kappa shape index (κ3) is 3.63. The van der Waals surface area contributed by atoms with Crippen LogP contribution in [0.5, 0.6) is 0 Å². The summed E-state index contributed by atoms with van der Waals surface area (Å²) in [4.78, 5) is 24.0. The minimum absolute atomic E-state index is 0.157. The van der Waals surface area contributed by atoms with Crippen molar-refractivity contribution in [3.05, 3.63) is 36.4 Å². The maximum absolute atomic E-state index is 12.3. The number of hydrogen-bond acceptors (Lipinski definition) is 5. The van der Waals surface area contributed by atoms with Crippen molar-refractivity contribution < 1.29 is 19.1 Å². The molecule has 0 radical (unpaired) electrons. The molecule has 0 spiro atoms. The van der Waals surface area contributed by atoms with E-state index >= 15 is 0 Å². The van der Waals surface area contributed by atoms with E-state index in [1.54, 1.807) is 26.0 Å². The van der Waals surface area contributed by atoms with Gasteiger partial charge in [-0.1, -0.05) is 30.3 Å². The van der Waals surface area contributed by atoms with Crippen molar-refractivity contribution in [2.75, 3.05) is 24.0 Å². The van der Waals surface area contributed by atoms with Crippen LogP contribution < -0.4 is 16.2 Å². The molecule has 2 aromatic rings. The van der Waals surface area contributed by atoms with Crippen LogP contribution in [0.25, 0.3) is 10.8 Å². The molecule has 0 heterocycles. The zero-order chi connectivity index (χ0) is 16.8. The van der Waals surface area contributed by atoms with Crippen molar-refractivity contribution in [2.45, 2.75) is 13.8 Å². The summed E-state index contributed by atoms with van der Waals surface area (Å²) in [7, 11) is 0. The Kier molecular flexibility index (Phi) is 5.24. The van der Waals surface area contributed by atoms with Crippen molar-refractivity contribution >= 4 is 34.3 Å². The lowest BCUT2D eigenvalue weighted by atomic mass is 10.1. The first-order chi connectivity index (χ1) is 11.1. The summed E-state index contributed by atoms with van der Waals surface area (Å²) >= 11 is 0. The van der Waals surface area contributed by atoms with Gasteiger partial charge in [-0.3, -0.25) is 0 Å². The summed E-state index contributed by atoms with van der Waals surface area (Å²) in [6.45, 7) is 3.67. The smallest absolute Gasteiger partial charge is 0.433 e. The van der Waals surface area contributed by atoms with Crippen LogP contribution in [0.2, 0.25) is 0 Å². The van der Waals surface area contributed by atoms with Crippen molar-refractivity contribution in [3.8, 4) is 0 Å². The molecule has 0 aromatic heterocycles. The fourth-order valence-corrected chi connectivity index (χ4v) is 2.16. The van der Waals surface area contributed by atoms with E-state index < -0.39 is 12.2 Å². The van der Waals surface area contributed by atoms with Crippen molar-refractivity contribution in [1.29, 1.82) is 0 Å². The van der Waals surface area contributed by atoms with E-state index in [1.165, 1.54) is 0 Å². The first-order valence-corrected chi connectivity index (χ1v) is 7.26. The highest BCUT2D eigenvalue weighted by molar-refractivity contribution is 6.07. The number of nitrogens with one attached hydrogen (secondary N) is 1. The topological polar surface area (TPSA) is 93.9 Å². The third-order valence-corrected chi connectivity index (χ3v) is 3.08. The number of carbonyl (C=O) groups is 2. The summed E-state index contributed by atoms with van der Waals surface area (Å²) in [5.74, 6) is 0. The molecule has 0 aliphatic heterocycles. The molecular formula is C16H19N3O4. The van der Waals surface area contributed by atoms with Crippen LogP contribution in [0.3, 0.4) is 0 Å². The maximum Gasteiger partial charge on any atom is 0.433 e. The highest BCUT2D eigenvalue weighted by Gasteiger charge is 2.24. The Hall–Kier alpha value is -2.96. The predicted octanol–water partition coefficient (Wildman–Crippen LogP) is 3.05. The number of nitrogens with two attached hydrogens (primary N) is 1. The summed E-state index contributed by atoms with van der Waals surface area (Å²) in [6.07, 6.45) is -1.52. The lowest BCUT2D eigenvalue weighted by Gasteiger charge is -2.24. The Morgan fingerprint density at radius 2 is 1.78 bits per heavy atom. The zero-order valence-electron chi connectivity index (χ0n) is 13.0. The number of ether oxygens (including phenoxy) is 2. The quantitative estimate of drug-likeness (QED) is 0.670. The summed E-state index contributed by atoms with van der Waals surface area (Å²) in [5.41, 5.74) is 9.07. The molecular weight excluding hydrogens is 298 g/mol. The van der Waals surface area contributed by atoms with Gasteiger partial charge in [-0.25, -0.2) is 15.0 Å². The number of nitrogen functional groups attached to an aromatic ring is 1. The number of rotatable bonds is 3. The lowest BCUT2D eigenvalue weighted by Crippen LogP contribution is -2.47. The number of fused-ring (bicyclic) bond motifs is 1. The SMILES string of the molecule is CCOC(=O)NN(C(=O)OCC)c1c(N)ccc2ccccc12. The number of nitrogens with zero attached hydrogens (tertiary/aromatic N) is 1. The molecule has 0 atom stereocenters. The largest absolute Gasteiger partial charge is 0.449 e. The number of amides is 2. The maximum atomic E-state index is 12.3. The Bertz CT molecular complexity index is 718. The second-order valence-corrected chi connectivity index (χ2v) is 4.59. The number of anilines is 2. The molecule has 3 N–H and O–H groups in total. The van der Waals surface area contributed by atoms with Crippen LogP contribution in [0.4, 0.5) is 21.0 Å². The van der Waals surface area contributed by atoms with E-state index in [0.29, 0.717) is 16.8 Å². The Morgan fingerprint density at radius 1 is 1.09 bits per heavy atom. The van der Waals surface area contributed by atoms with Gasteiger partial charge in [0.25, 0.3) is 0 Å². The van der Waals surface area contributed by atoms with E-state index in [9.17, 15) is 9.59 Å². The predicted molar refractivity (Wildman–Crippen MR) is 88.0 cm³/mol. The molecule has 122 valence electrons. The molecule has 0 bridgehead atoms. The Balaban J connectivity index is 2.52. The number of hydrazine groups is 1. The van der Waals surface area contributed by atoms with Gasteiger partial charge >= 0.3 is 12.2 Å². The minimum Gasteiger partial charge on any atom is -0.449 e. The highest BCUT2D eigenvalue weighted by Crippen LogP contribution is 2.32. The molecule has 0 fully saturated rings. The van der Waals surface area contributed by atoms with E-state index in [0.717, 1.165) is 10.4 Å². The van der Waals surface area contributed by atoms with E-state index in [4.69, 9.17) is 15.2 Å². The summed E-state index contributed by atoms with van der Waals surface area (Å²) in [6, 6.07) is 10.9. The first kappa shape index (κ1) is 16.4. The van der Waals surface area contributed by atoms with Crippen LogP contribution in [-0.2, 0) is 9.47 Å². The fourth-order valence-electron chi connectivity index (χ4n) is 2.16. The van der Waals surface area contributed by atoms with Gasteiger partial charge in [0.15, 0.2) is 0 Å². The van der Waals surface area contributed by atoms with Crippen molar-refractivity contribution in [2.24, 2.45) is 0 Å². The number of benzene rings is 2. The molecule has 0 saturated carbocycles. The van der Waals surface area contributed by atoms with Gasteiger partial charge in [-0.05, 0) is 25.3 Å². The molecule has 0 saturated heterocycles. The second-order valence-electron chi connectivity index (χ2n) is 4.59. The molecule has 2 amide bonds. The monoisotopic (exact) mass is 317 g/mol. The van der Waals surface area contributed by atoms with E-state index in [-0.39, 0.29) is 13.2 Å². The fraction of sp³-hybridized carbons (Fsp3) is 0.250. The van der Waals surface area contributed by atoms with E-state index in [1.807, 2.05) is 24.3 Å². The van der Waals surface area contributed by atoms with E-state index in [2.05, 4.69) is 5.43 Å². The van der Waals surface area contributed by atoms with Gasteiger partial charge < -0.3 is 15.2 Å². The lowest BCUT2D eigenvalue weighted by molar-refractivity contribution is 0.139. The van der Waals surface area contributed by atoms with Crippen LogP contribution in [-0.4, -0.2) is 25.4 Å². The van der Waals surface area contributed by atoms with Gasteiger partial charge in [-0.15, -0.1) is 0 Å². The molecule has 7 heteroatoms. The molecule has 2 rings (SSSR count). The summed E-state index contributed by atoms with van der Waals surface area (Å²) in [5, 5.41) is 2.55. The number of carbonyl (C=O) groups excluding carboxylic acids is 2. The third-order valence-electron chi connectivity index (χ3n) is 3.08. The molecule has 23 heavy (non-hydrogen) atoms. The highest BCUT2D eigenvalue weighted by atomic mass is 16.6. The van der Waals surface area contributed by atoms with Crippen molar-refractivity contribution in [1.82, 2.24) is 5.43 Å². The number of hydrogen-bond donors (Lipinski definition) is 2. The molecule has 0 aliphatic rings. The Morgan fingerprint density at radius 3 is 2.48 bits per heavy atom. The molecule has 0 unspecified atom stereocenters. The van der Waals surface area contributed by atoms with Crippen molar-refractivity contribution in [3.63, 3.8) is 0 Å². The average molecular weight is 317 g/mol. The van der Waals surface area contributed by atoms with Gasteiger partial charge in [0.1, 0.15) is 5.69 Å². The normalized spacial score (nSPS) is 10.2. The molecule has 0 aliphatic carbocycles. The van der Waals surface area contributed by atoms with Gasteiger partial charge in [0.2, 0.25) is 0 Å². The average Bonchev–Trinajstić information content (AvgIpc) is 2.53. The van der Waals surface area contributed by atoms with Gasteiger partial charge in [0, 0.05) is 5.39 Å². The first-order valence-electron chi connectivity index (χ1n) is 7.26. The van der Waals surface area contributed by atoms with Crippen LogP contribution in [0.15, 0.2) is 36.4 Å². The standard InChI is InChI=1S/C16H19N3O4/c1-3-22-15(20)18-19(16(21)23-4-2)14-12-8-6-5-7-11(12)9-10-13(14)17/h5-10H,3-4,17H2,1-2H3,(H,18,20). The van der Waals surface area contributed by atoms with Crippen LogP contribution in [0.1, 0.15) is 13.8 Å². The van der Waals surface area contributed by atoms with Crippen LogP contribution >= 0.6 is 0 Å². The zero-order valence-corrected chi connectivity index (χ0v) is 13.0. The van der Waals surface area contributed by atoms with Gasteiger partial charge in [-0.2, -0.15) is 5.01 Å².